The summed E-state index contributed by atoms with van der Waals surface area (Å²) in [7, 11) is 0. The molecular formula is C4H12CaN2. The summed E-state index contributed by atoms with van der Waals surface area (Å²) >= 11 is 0. The largest absolute Gasteiger partial charge is 2.00 e. The first kappa shape index (κ1) is 8.18. The van der Waals surface area contributed by atoms with Crippen LogP contribution in [0.1, 0.15) is 2.85 Å². The summed E-state index contributed by atoms with van der Waals surface area (Å²) in [5.41, 5.74) is 0. The van der Waals surface area contributed by atoms with E-state index in [1.165, 1.54) is 0 Å². The van der Waals surface area contributed by atoms with Crippen LogP contribution in [-0.2, 0) is 0 Å². The fourth-order valence-corrected chi connectivity index (χ4v) is 0.604. The van der Waals surface area contributed by atoms with Crippen LogP contribution in [0.2, 0.25) is 0 Å². The minimum absolute atomic E-state index is 0. The van der Waals surface area contributed by atoms with E-state index in [2.05, 4.69) is 10.6 Å². The molecule has 0 amide bonds. The Kier molecular flexibility index (Phi) is 6.22. The molecule has 0 atom stereocenters. The second kappa shape index (κ2) is 5.32. The molecule has 3 heteroatoms. The SMILES string of the molecule is C1CNCCN1.[Ca+2].[H-].[H-]. The first-order valence-corrected chi connectivity index (χ1v) is 2.41. The summed E-state index contributed by atoms with van der Waals surface area (Å²) in [4.78, 5) is 0. The van der Waals surface area contributed by atoms with Gasteiger partial charge in [-0.05, 0) is 0 Å². The molecule has 0 bridgehead atoms. The molecule has 1 aliphatic rings. The van der Waals surface area contributed by atoms with Gasteiger partial charge in [-0.25, -0.2) is 0 Å². The van der Waals surface area contributed by atoms with Crippen LogP contribution in [0.3, 0.4) is 0 Å². The van der Waals surface area contributed by atoms with Crippen molar-refractivity contribution in [2.45, 2.75) is 0 Å². The first-order chi connectivity index (χ1) is 3.00. The fourth-order valence-electron chi connectivity index (χ4n) is 0.604. The van der Waals surface area contributed by atoms with Gasteiger partial charge in [0.2, 0.25) is 0 Å². The smallest absolute Gasteiger partial charge is 1.00 e. The zero-order valence-corrected chi connectivity index (χ0v) is 6.74. The van der Waals surface area contributed by atoms with Crippen molar-refractivity contribution in [3.05, 3.63) is 0 Å². The molecule has 40 valence electrons. The molecule has 0 aromatic rings. The average molecular weight is 128 g/mol. The van der Waals surface area contributed by atoms with Crippen LogP contribution >= 0.6 is 0 Å². The van der Waals surface area contributed by atoms with Gasteiger partial charge in [0.25, 0.3) is 0 Å². The molecule has 0 aliphatic carbocycles. The van der Waals surface area contributed by atoms with E-state index in [1.54, 1.807) is 0 Å². The van der Waals surface area contributed by atoms with Gasteiger partial charge in [-0.3, -0.25) is 0 Å². The molecule has 1 heterocycles. The Balaban J connectivity index is -0.000000120. The predicted molar refractivity (Wildman–Crippen MR) is 33.7 cm³/mol. The maximum atomic E-state index is 3.22. The number of hydrogen-bond acceptors (Lipinski definition) is 2. The van der Waals surface area contributed by atoms with Gasteiger partial charge in [0.05, 0.1) is 0 Å². The number of nitrogens with one attached hydrogen (secondary N) is 2. The van der Waals surface area contributed by atoms with Crippen LogP contribution in [0.5, 0.6) is 0 Å². The normalized spacial score (nSPS) is 20.6. The summed E-state index contributed by atoms with van der Waals surface area (Å²) in [5.74, 6) is 0. The maximum absolute atomic E-state index is 3.22. The quantitative estimate of drug-likeness (QED) is 0.410. The second-order valence-corrected chi connectivity index (χ2v) is 1.50. The number of rotatable bonds is 0. The van der Waals surface area contributed by atoms with Gasteiger partial charge < -0.3 is 13.5 Å². The molecule has 2 N–H and O–H groups in total. The maximum Gasteiger partial charge on any atom is 2.00 e. The van der Waals surface area contributed by atoms with Crippen molar-refractivity contribution in [2.75, 3.05) is 26.2 Å². The molecule has 1 aliphatic heterocycles. The number of hydrogen-bond donors (Lipinski definition) is 2. The van der Waals surface area contributed by atoms with E-state index in [0.717, 1.165) is 26.2 Å². The minimum atomic E-state index is 0. The molecular weight excluding hydrogens is 116 g/mol. The third-order valence-electron chi connectivity index (χ3n) is 0.957. The van der Waals surface area contributed by atoms with Crippen molar-refractivity contribution in [3.8, 4) is 0 Å². The van der Waals surface area contributed by atoms with Crippen molar-refractivity contribution in [1.29, 1.82) is 0 Å². The van der Waals surface area contributed by atoms with E-state index >= 15 is 0 Å². The Bertz CT molecular complexity index is 32.0. The monoisotopic (exact) mass is 128 g/mol. The van der Waals surface area contributed by atoms with Gasteiger partial charge in [0, 0.05) is 26.2 Å². The minimum Gasteiger partial charge on any atom is -1.00 e. The van der Waals surface area contributed by atoms with Gasteiger partial charge in [0.1, 0.15) is 0 Å². The molecule has 0 unspecified atom stereocenters. The average Bonchev–Trinajstić information content (AvgIpc) is 1.72. The van der Waals surface area contributed by atoms with Crippen LogP contribution < -0.4 is 10.6 Å². The third kappa shape index (κ3) is 3.74. The molecule has 1 fully saturated rings. The zero-order chi connectivity index (χ0) is 4.24. The standard InChI is InChI=1S/C4H10N2.Ca.2H/c1-2-6-4-3-5-1;;;/h5-6H,1-4H2;;;/q;+2;2*-1. The Labute approximate surface area is 77.0 Å². The van der Waals surface area contributed by atoms with Crippen LogP contribution in [0.4, 0.5) is 0 Å². The van der Waals surface area contributed by atoms with E-state index in [9.17, 15) is 0 Å². The summed E-state index contributed by atoms with van der Waals surface area (Å²) in [5, 5.41) is 6.44. The van der Waals surface area contributed by atoms with Crippen LogP contribution in [0.25, 0.3) is 0 Å². The molecule has 1 saturated heterocycles. The zero-order valence-electron chi connectivity index (χ0n) is 6.54. The molecule has 0 aromatic heterocycles. The van der Waals surface area contributed by atoms with Crippen molar-refractivity contribution in [2.24, 2.45) is 0 Å². The third-order valence-corrected chi connectivity index (χ3v) is 0.957. The van der Waals surface area contributed by atoms with Gasteiger partial charge in [-0.15, -0.1) is 0 Å². The molecule has 1 rings (SSSR count). The topological polar surface area (TPSA) is 24.1 Å². The molecule has 7 heavy (non-hydrogen) atoms. The molecule has 2 nitrogen and oxygen atoms in total. The van der Waals surface area contributed by atoms with Crippen molar-refractivity contribution in [3.63, 3.8) is 0 Å². The van der Waals surface area contributed by atoms with Gasteiger partial charge in [-0.1, -0.05) is 0 Å². The summed E-state index contributed by atoms with van der Waals surface area (Å²) in [6.45, 7) is 4.56. The van der Waals surface area contributed by atoms with E-state index < -0.39 is 0 Å². The Morgan fingerprint density at radius 1 is 0.857 bits per heavy atom. The Morgan fingerprint density at radius 2 is 1.14 bits per heavy atom. The van der Waals surface area contributed by atoms with Crippen molar-refractivity contribution >= 4 is 37.7 Å². The van der Waals surface area contributed by atoms with Gasteiger partial charge in [0.15, 0.2) is 0 Å². The van der Waals surface area contributed by atoms with E-state index in [0.29, 0.717) is 0 Å². The predicted octanol–water partition coefficient (Wildman–Crippen LogP) is -0.977. The van der Waals surface area contributed by atoms with Crippen LogP contribution in [-0.4, -0.2) is 63.9 Å². The van der Waals surface area contributed by atoms with Crippen LogP contribution in [0, 0.1) is 0 Å². The second-order valence-electron chi connectivity index (χ2n) is 1.50. The van der Waals surface area contributed by atoms with E-state index in [1.807, 2.05) is 0 Å². The van der Waals surface area contributed by atoms with Gasteiger partial charge in [-0.2, -0.15) is 0 Å². The summed E-state index contributed by atoms with van der Waals surface area (Å²) in [6.07, 6.45) is 0. The molecule has 0 spiro atoms. The fraction of sp³-hybridized carbons (Fsp3) is 1.00. The number of piperazine rings is 1. The van der Waals surface area contributed by atoms with Crippen molar-refractivity contribution in [1.82, 2.24) is 10.6 Å². The summed E-state index contributed by atoms with van der Waals surface area (Å²) in [6, 6.07) is 0. The molecule has 0 radical (unpaired) electrons. The molecule has 0 saturated carbocycles. The summed E-state index contributed by atoms with van der Waals surface area (Å²) < 4.78 is 0. The first-order valence-electron chi connectivity index (χ1n) is 2.41. The Hall–Kier alpha value is 1.18. The van der Waals surface area contributed by atoms with E-state index in [4.69, 9.17) is 0 Å². The Morgan fingerprint density at radius 3 is 1.29 bits per heavy atom. The van der Waals surface area contributed by atoms with Gasteiger partial charge >= 0.3 is 37.7 Å². The van der Waals surface area contributed by atoms with Crippen LogP contribution in [0.15, 0.2) is 0 Å². The van der Waals surface area contributed by atoms with E-state index in [-0.39, 0.29) is 40.6 Å². The van der Waals surface area contributed by atoms with Crippen molar-refractivity contribution < 1.29 is 2.85 Å². The molecule has 0 aromatic carbocycles.